The number of amides is 1. The third kappa shape index (κ3) is 38.1. The first kappa shape index (κ1) is 87.2. The second-order valence-corrected chi connectivity index (χ2v) is 26.7. The first-order chi connectivity index (χ1) is 46.8. The molecule has 12 N–H and O–H groups in total. The Hall–Kier alpha value is -3.03. The predicted molar refractivity (Wildman–Crippen MR) is 378 cm³/mol. The molecule has 0 spiro atoms. The molecule has 0 bridgehead atoms. The van der Waals surface area contributed by atoms with Crippen molar-refractivity contribution < 1.29 is 89.4 Å². The Morgan fingerprint density at radius 1 is 0.385 bits per heavy atom. The number of hydrogen-bond acceptors (Lipinski definition) is 18. The van der Waals surface area contributed by atoms with Crippen molar-refractivity contribution in [2.24, 2.45) is 0 Å². The lowest BCUT2D eigenvalue weighted by Gasteiger charge is -2.48. The van der Waals surface area contributed by atoms with Gasteiger partial charge in [-0.15, -0.1) is 0 Å². The minimum absolute atomic E-state index is 0.225. The van der Waals surface area contributed by atoms with E-state index in [0.29, 0.717) is 12.8 Å². The molecule has 19 nitrogen and oxygen atoms in total. The van der Waals surface area contributed by atoms with Crippen molar-refractivity contribution in [2.45, 2.75) is 369 Å². The molecule has 0 radical (unpaired) electrons. The highest BCUT2D eigenvalue weighted by molar-refractivity contribution is 5.76. The van der Waals surface area contributed by atoms with E-state index >= 15 is 0 Å². The van der Waals surface area contributed by atoms with Crippen molar-refractivity contribution in [1.29, 1.82) is 0 Å². The summed E-state index contributed by atoms with van der Waals surface area (Å²) in [5.74, 6) is -0.293. The van der Waals surface area contributed by atoms with Gasteiger partial charge in [-0.3, -0.25) is 4.79 Å². The summed E-state index contributed by atoms with van der Waals surface area (Å²) >= 11 is 0. The van der Waals surface area contributed by atoms with Gasteiger partial charge in [-0.2, -0.15) is 0 Å². The van der Waals surface area contributed by atoms with Crippen molar-refractivity contribution in [2.75, 3.05) is 26.4 Å². The molecule has 3 rings (SSSR count). The Bertz CT molecular complexity index is 2070. The fourth-order valence-electron chi connectivity index (χ4n) is 12.3. The molecule has 0 aromatic rings. The van der Waals surface area contributed by atoms with Crippen molar-refractivity contribution in [1.82, 2.24) is 5.32 Å². The summed E-state index contributed by atoms with van der Waals surface area (Å²) in [4.78, 5) is 13.4. The molecule has 17 atom stereocenters. The van der Waals surface area contributed by atoms with Gasteiger partial charge in [0.15, 0.2) is 18.9 Å². The van der Waals surface area contributed by atoms with Crippen molar-refractivity contribution >= 4 is 5.91 Å². The zero-order valence-electron chi connectivity index (χ0n) is 59.1. The summed E-state index contributed by atoms with van der Waals surface area (Å²) in [5.41, 5.74) is 0. The lowest BCUT2D eigenvalue weighted by atomic mass is 9.96. The van der Waals surface area contributed by atoms with Gasteiger partial charge in [0, 0.05) is 6.42 Å². The fraction of sp³-hybridized carbons (Fsp3) is 0.805. The van der Waals surface area contributed by atoms with Crippen LogP contribution in [0.15, 0.2) is 85.1 Å². The number of aliphatic hydroxyl groups is 11. The van der Waals surface area contributed by atoms with Gasteiger partial charge in [0.1, 0.15) is 73.2 Å². The van der Waals surface area contributed by atoms with E-state index in [4.69, 9.17) is 28.4 Å². The Kier molecular flexibility index (Phi) is 52.3. The normalized spacial score (nSPS) is 27.5. The summed E-state index contributed by atoms with van der Waals surface area (Å²) in [5, 5.41) is 121. The molecule has 0 aromatic heterocycles. The van der Waals surface area contributed by atoms with Gasteiger partial charge in [-0.1, -0.05) is 259 Å². The van der Waals surface area contributed by atoms with Crippen LogP contribution in [0, 0.1) is 0 Å². The quantitative estimate of drug-likeness (QED) is 0.0199. The first-order valence-electron chi connectivity index (χ1n) is 37.8. The number of carbonyl (C=O) groups excluding carboxylic acids is 1. The molecule has 3 fully saturated rings. The Balaban J connectivity index is 1.43. The molecule has 1 amide bonds. The fourth-order valence-corrected chi connectivity index (χ4v) is 12.3. The minimum atomic E-state index is -1.99. The maximum Gasteiger partial charge on any atom is 0.220 e. The molecule has 0 saturated carbocycles. The SMILES string of the molecule is CC/C=C\C/C=C\C/C=C\C/C=C\CCCCCCCCCCCCCCC(=O)NC(COC1OC(CO)C(OC2OC(CO)C(OC3OC(CO)C(O)C(O)C3O)C(O)C2O)C(O)C1O)C(O)/C=C/CC/C=C/CC/C=C/CCCCCCCCCCCCCCCCCC. The molecule has 556 valence electrons. The monoisotopic (exact) mass is 1360 g/mol. The lowest BCUT2D eigenvalue weighted by molar-refractivity contribution is -0.379. The third-order valence-electron chi connectivity index (χ3n) is 18.4. The standard InChI is InChI=1S/C77H135NO18/c1-3-5-7-9-11-13-15-17-19-21-23-25-27-29-31-32-34-36-38-40-42-44-46-48-50-52-54-61(82)60(78-65(83)55-53-51-49-47-45-43-41-39-37-35-33-30-28-26-24-22-20-18-16-14-12-10-8-6-4-2)59-91-75-71(89)68(86)73(63(57-80)93-75)96-77-72(90)69(87)74(64(58-81)94-77)95-76-70(88)67(85)66(84)62(56-79)92-76/h6,8,12,14,18,20,24,26,36,38,44,46,52,54,60-64,66-77,79-82,84-90H,3-5,7,9-11,13,15-17,19,21-23,25,27-35,37,39-43,45,47-51,53,55-59H2,1-2H3,(H,78,83)/b8-6-,14-12-,20-18-,26-24-,38-36+,46-44+,54-52+. The number of unbranched alkanes of at least 4 members (excludes halogenated alkanes) is 30. The molecule has 96 heavy (non-hydrogen) atoms. The number of rotatable bonds is 58. The molecule has 0 aromatic carbocycles. The second-order valence-electron chi connectivity index (χ2n) is 26.7. The molecular formula is C77H135NO18. The minimum Gasteiger partial charge on any atom is -0.394 e. The van der Waals surface area contributed by atoms with Crippen molar-refractivity contribution in [3.63, 3.8) is 0 Å². The number of nitrogens with one attached hydrogen (secondary N) is 1. The molecule has 3 aliphatic heterocycles. The van der Waals surface area contributed by atoms with E-state index in [-0.39, 0.29) is 18.9 Å². The summed E-state index contributed by atoms with van der Waals surface area (Å²) < 4.78 is 34.4. The van der Waals surface area contributed by atoms with Crippen LogP contribution in [-0.2, 0) is 33.2 Å². The van der Waals surface area contributed by atoms with Gasteiger partial charge >= 0.3 is 0 Å². The molecule has 19 heteroatoms. The van der Waals surface area contributed by atoms with E-state index < -0.39 is 124 Å². The number of allylic oxidation sites excluding steroid dienone is 13. The van der Waals surface area contributed by atoms with Gasteiger partial charge in [0.2, 0.25) is 5.91 Å². The van der Waals surface area contributed by atoms with Gasteiger partial charge in [-0.05, 0) is 83.5 Å². The average Bonchev–Trinajstić information content (AvgIpc) is 0.788. The van der Waals surface area contributed by atoms with E-state index in [0.717, 1.165) is 83.5 Å². The first-order valence-corrected chi connectivity index (χ1v) is 37.8. The van der Waals surface area contributed by atoms with Crippen LogP contribution in [0.25, 0.3) is 0 Å². The molecule has 3 heterocycles. The van der Waals surface area contributed by atoms with E-state index in [1.807, 2.05) is 6.08 Å². The zero-order chi connectivity index (χ0) is 69.6. The van der Waals surface area contributed by atoms with Crippen LogP contribution in [0.4, 0.5) is 0 Å². The maximum absolute atomic E-state index is 13.4. The van der Waals surface area contributed by atoms with Crippen LogP contribution in [-0.4, -0.2) is 193 Å². The maximum atomic E-state index is 13.4. The highest BCUT2D eigenvalue weighted by Crippen LogP contribution is 2.33. The summed E-state index contributed by atoms with van der Waals surface area (Å²) in [6.45, 7) is 1.61. The molecule has 3 saturated heterocycles. The van der Waals surface area contributed by atoms with E-state index in [1.54, 1.807) is 6.08 Å². The lowest BCUT2D eigenvalue weighted by Crippen LogP contribution is -2.66. The largest absolute Gasteiger partial charge is 0.394 e. The molecule has 3 aliphatic rings. The van der Waals surface area contributed by atoms with E-state index in [2.05, 4.69) is 92.1 Å². The smallest absolute Gasteiger partial charge is 0.220 e. The van der Waals surface area contributed by atoms with Gasteiger partial charge in [0.25, 0.3) is 0 Å². The summed E-state index contributed by atoms with van der Waals surface area (Å²) in [6, 6.07) is -1.00. The molecular weight excluding hydrogens is 1230 g/mol. The van der Waals surface area contributed by atoms with Crippen molar-refractivity contribution in [3.8, 4) is 0 Å². The van der Waals surface area contributed by atoms with Crippen LogP contribution < -0.4 is 5.32 Å². The zero-order valence-corrected chi connectivity index (χ0v) is 59.1. The predicted octanol–water partition coefficient (Wildman–Crippen LogP) is 11.4. The highest BCUT2D eigenvalue weighted by atomic mass is 16.8. The Morgan fingerprint density at radius 3 is 1.17 bits per heavy atom. The van der Waals surface area contributed by atoms with Crippen LogP contribution in [0.1, 0.15) is 264 Å². The average molecular weight is 1360 g/mol. The topological polar surface area (TPSA) is 307 Å². The number of hydrogen-bond donors (Lipinski definition) is 12. The van der Waals surface area contributed by atoms with Crippen molar-refractivity contribution in [3.05, 3.63) is 85.1 Å². The Labute approximate surface area is 578 Å². The highest BCUT2D eigenvalue weighted by Gasteiger charge is 2.53. The second kappa shape index (κ2) is 57.6. The number of carbonyl (C=O) groups is 1. The van der Waals surface area contributed by atoms with Crippen LogP contribution in [0.5, 0.6) is 0 Å². The van der Waals surface area contributed by atoms with Crippen LogP contribution in [0.3, 0.4) is 0 Å². The summed E-state index contributed by atoms with van der Waals surface area (Å²) in [6.07, 6.45) is 48.5. The number of ether oxygens (including phenoxy) is 6. The van der Waals surface area contributed by atoms with Gasteiger partial charge in [-0.25, -0.2) is 0 Å². The number of aliphatic hydroxyl groups excluding tert-OH is 11. The van der Waals surface area contributed by atoms with Gasteiger partial charge in [0.05, 0.1) is 38.6 Å². The Morgan fingerprint density at radius 2 is 0.729 bits per heavy atom. The van der Waals surface area contributed by atoms with Crippen LogP contribution >= 0.6 is 0 Å². The van der Waals surface area contributed by atoms with E-state index in [9.17, 15) is 61.0 Å². The molecule has 0 aliphatic carbocycles. The third-order valence-corrected chi connectivity index (χ3v) is 18.4. The van der Waals surface area contributed by atoms with Gasteiger partial charge < -0.3 is 89.9 Å². The van der Waals surface area contributed by atoms with E-state index in [1.165, 1.54) is 148 Å². The summed E-state index contributed by atoms with van der Waals surface area (Å²) in [7, 11) is 0. The van der Waals surface area contributed by atoms with Crippen LogP contribution in [0.2, 0.25) is 0 Å². The molecule has 17 unspecified atom stereocenters.